The summed E-state index contributed by atoms with van der Waals surface area (Å²) in [7, 11) is 0. The molecule has 6 heteroatoms. The molecular weight excluding hydrogens is 376 g/mol. The Labute approximate surface area is 169 Å². The number of nitriles is 2. The number of fused-ring (bicyclic) bond motifs is 6. The van der Waals surface area contributed by atoms with Crippen LogP contribution in [-0.4, -0.2) is 9.97 Å². The van der Waals surface area contributed by atoms with Gasteiger partial charge >= 0.3 is 0 Å². The third-order valence-corrected chi connectivity index (χ3v) is 5.23. The molecule has 6 aromatic rings. The first-order valence-electron chi connectivity index (χ1n) is 9.21. The summed E-state index contributed by atoms with van der Waals surface area (Å²) in [5.41, 5.74) is 5.06. The van der Waals surface area contributed by atoms with Gasteiger partial charge in [-0.3, -0.25) is 0 Å². The number of nitrogens with zero attached hydrogens (tertiary/aromatic N) is 4. The molecule has 0 bridgehead atoms. The summed E-state index contributed by atoms with van der Waals surface area (Å²) in [6.45, 7) is 0. The minimum atomic E-state index is -0.0570. The quantitative estimate of drug-likeness (QED) is 0.360. The van der Waals surface area contributed by atoms with Crippen molar-refractivity contribution in [3.05, 3.63) is 72.2 Å². The van der Waals surface area contributed by atoms with Gasteiger partial charge in [0.25, 0.3) is 0 Å². The maximum absolute atomic E-state index is 9.36. The second-order valence-electron chi connectivity index (χ2n) is 6.92. The smallest absolute Gasteiger partial charge is 0.234 e. The van der Waals surface area contributed by atoms with Crippen LogP contribution >= 0.6 is 0 Å². The highest BCUT2D eigenvalue weighted by molar-refractivity contribution is 6.08. The first-order chi connectivity index (χ1) is 14.7. The third-order valence-electron chi connectivity index (χ3n) is 5.23. The van der Waals surface area contributed by atoms with Gasteiger partial charge in [-0.2, -0.15) is 10.5 Å². The van der Waals surface area contributed by atoms with E-state index in [1.807, 2.05) is 66.7 Å². The first-order valence-corrected chi connectivity index (χ1v) is 9.21. The lowest BCUT2D eigenvalue weighted by Crippen LogP contribution is -1.92. The SMILES string of the molecule is N#Cc1nc(C#N)c2oc3ccc(-c4ccc5oc6ccccc6c5c4)cc3c2n1. The Kier molecular flexibility index (Phi) is 3.21. The number of hydrogen-bond donors (Lipinski definition) is 0. The van der Waals surface area contributed by atoms with Crippen LogP contribution in [-0.2, 0) is 0 Å². The molecule has 0 unspecified atom stereocenters. The molecule has 30 heavy (non-hydrogen) atoms. The molecule has 138 valence electrons. The van der Waals surface area contributed by atoms with E-state index in [0.717, 1.165) is 38.5 Å². The second-order valence-corrected chi connectivity index (χ2v) is 6.92. The minimum Gasteiger partial charge on any atom is -0.456 e. The van der Waals surface area contributed by atoms with Crippen LogP contribution in [0.3, 0.4) is 0 Å². The van der Waals surface area contributed by atoms with Gasteiger partial charge in [0, 0.05) is 16.2 Å². The van der Waals surface area contributed by atoms with Crippen molar-refractivity contribution in [1.82, 2.24) is 9.97 Å². The van der Waals surface area contributed by atoms with Crippen molar-refractivity contribution in [1.29, 1.82) is 10.5 Å². The Balaban J connectivity index is 1.61. The van der Waals surface area contributed by atoms with Crippen molar-refractivity contribution in [3.63, 3.8) is 0 Å². The largest absolute Gasteiger partial charge is 0.456 e. The molecule has 0 atom stereocenters. The van der Waals surface area contributed by atoms with Crippen molar-refractivity contribution in [2.24, 2.45) is 0 Å². The van der Waals surface area contributed by atoms with E-state index in [0.29, 0.717) is 16.7 Å². The summed E-state index contributed by atoms with van der Waals surface area (Å²) in [6.07, 6.45) is 0. The molecule has 0 saturated carbocycles. The molecule has 3 aromatic carbocycles. The van der Waals surface area contributed by atoms with E-state index < -0.39 is 0 Å². The van der Waals surface area contributed by atoms with Gasteiger partial charge < -0.3 is 8.83 Å². The number of hydrogen-bond acceptors (Lipinski definition) is 6. The van der Waals surface area contributed by atoms with Crippen LogP contribution in [0.2, 0.25) is 0 Å². The summed E-state index contributed by atoms with van der Waals surface area (Å²) in [4.78, 5) is 8.21. The fraction of sp³-hybridized carbons (Fsp3) is 0. The van der Waals surface area contributed by atoms with Gasteiger partial charge in [-0.15, -0.1) is 0 Å². The van der Waals surface area contributed by atoms with Crippen molar-refractivity contribution in [2.45, 2.75) is 0 Å². The summed E-state index contributed by atoms with van der Waals surface area (Å²) >= 11 is 0. The van der Waals surface area contributed by atoms with Crippen molar-refractivity contribution in [2.75, 3.05) is 0 Å². The molecular formula is C24H10N4O2. The van der Waals surface area contributed by atoms with Crippen LogP contribution in [0.25, 0.3) is 55.1 Å². The minimum absolute atomic E-state index is 0.0561. The predicted octanol–water partition coefficient (Wildman–Crippen LogP) is 5.69. The fourth-order valence-electron chi connectivity index (χ4n) is 3.85. The summed E-state index contributed by atoms with van der Waals surface area (Å²) in [5.74, 6) is -0.0570. The van der Waals surface area contributed by atoms with Gasteiger partial charge in [0.05, 0.1) is 0 Å². The Morgan fingerprint density at radius 1 is 0.667 bits per heavy atom. The Morgan fingerprint density at radius 3 is 2.13 bits per heavy atom. The molecule has 0 radical (unpaired) electrons. The Hall–Kier alpha value is -4.68. The number of aromatic nitrogens is 2. The maximum Gasteiger partial charge on any atom is 0.234 e. The molecule has 0 spiro atoms. The number of benzene rings is 3. The lowest BCUT2D eigenvalue weighted by molar-refractivity contribution is 0.663. The topological polar surface area (TPSA) is 99.6 Å². The maximum atomic E-state index is 9.36. The second kappa shape index (κ2) is 5.91. The molecule has 0 fully saturated rings. The van der Waals surface area contributed by atoms with E-state index >= 15 is 0 Å². The predicted molar refractivity (Wildman–Crippen MR) is 111 cm³/mol. The summed E-state index contributed by atoms with van der Waals surface area (Å²) < 4.78 is 11.7. The molecule has 0 saturated heterocycles. The zero-order chi connectivity index (χ0) is 20.2. The van der Waals surface area contributed by atoms with Crippen molar-refractivity contribution in [3.8, 4) is 23.3 Å². The molecule has 0 N–H and O–H groups in total. The van der Waals surface area contributed by atoms with E-state index in [1.54, 1.807) is 0 Å². The third kappa shape index (κ3) is 2.22. The van der Waals surface area contributed by atoms with E-state index in [9.17, 15) is 10.5 Å². The van der Waals surface area contributed by atoms with Crippen LogP contribution in [0, 0.1) is 22.7 Å². The molecule has 3 heterocycles. The average Bonchev–Trinajstić information content (AvgIpc) is 3.35. The van der Waals surface area contributed by atoms with E-state index in [-0.39, 0.29) is 11.5 Å². The molecule has 6 nitrogen and oxygen atoms in total. The van der Waals surface area contributed by atoms with Crippen LogP contribution in [0.5, 0.6) is 0 Å². The monoisotopic (exact) mass is 386 g/mol. The normalized spacial score (nSPS) is 11.3. The molecule has 3 aromatic heterocycles. The number of para-hydroxylation sites is 1. The summed E-state index contributed by atoms with van der Waals surface area (Å²) in [5, 5.41) is 21.4. The van der Waals surface area contributed by atoms with Gasteiger partial charge in [-0.1, -0.05) is 30.3 Å². The molecule has 0 aliphatic heterocycles. The van der Waals surface area contributed by atoms with Crippen LogP contribution < -0.4 is 0 Å². The standard InChI is InChI=1S/C24H10N4O2/c25-11-18-24-23(28-22(12-26)27-18)17-10-14(6-8-21(17)30-24)13-5-7-20-16(9-13)15-3-1-2-4-19(15)29-20/h1-10H. The highest BCUT2D eigenvalue weighted by Gasteiger charge is 2.17. The lowest BCUT2D eigenvalue weighted by atomic mass is 10.0. The molecule has 0 amide bonds. The molecule has 0 aliphatic carbocycles. The fourth-order valence-corrected chi connectivity index (χ4v) is 3.85. The first kappa shape index (κ1) is 16.3. The average molecular weight is 386 g/mol. The van der Waals surface area contributed by atoms with E-state index in [4.69, 9.17) is 8.83 Å². The van der Waals surface area contributed by atoms with Gasteiger partial charge in [-0.05, 0) is 41.5 Å². The van der Waals surface area contributed by atoms with Gasteiger partial charge in [0.15, 0.2) is 11.3 Å². The number of furan rings is 2. The van der Waals surface area contributed by atoms with E-state index in [1.165, 1.54) is 0 Å². The van der Waals surface area contributed by atoms with Crippen molar-refractivity contribution < 1.29 is 8.83 Å². The van der Waals surface area contributed by atoms with Crippen LogP contribution in [0.1, 0.15) is 11.5 Å². The zero-order valence-corrected chi connectivity index (χ0v) is 15.4. The number of rotatable bonds is 1. The Bertz CT molecular complexity index is 1730. The zero-order valence-electron chi connectivity index (χ0n) is 15.4. The summed E-state index contributed by atoms with van der Waals surface area (Å²) in [6, 6.07) is 23.7. The van der Waals surface area contributed by atoms with E-state index in [2.05, 4.69) is 16.0 Å². The van der Waals surface area contributed by atoms with Gasteiger partial charge in [-0.25, -0.2) is 9.97 Å². The highest BCUT2D eigenvalue weighted by Crippen LogP contribution is 2.35. The lowest BCUT2D eigenvalue weighted by Gasteiger charge is -2.02. The molecule has 0 aliphatic rings. The van der Waals surface area contributed by atoms with Gasteiger partial charge in [0.1, 0.15) is 34.4 Å². The van der Waals surface area contributed by atoms with Crippen LogP contribution in [0.4, 0.5) is 0 Å². The molecule has 6 rings (SSSR count). The highest BCUT2D eigenvalue weighted by atomic mass is 16.3. The Morgan fingerprint density at radius 2 is 1.37 bits per heavy atom. The van der Waals surface area contributed by atoms with Gasteiger partial charge in [0.2, 0.25) is 5.82 Å². The van der Waals surface area contributed by atoms with Crippen molar-refractivity contribution >= 4 is 44.0 Å². The van der Waals surface area contributed by atoms with Crippen LogP contribution in [0.15, 0.2) is 69.5 Å².